The molecule has 7 heteroatoms. The fourth-order valence-corrected chi connectivity index (χ4v) is 4.68. The molecular formula is C20H34N4O2S. The predicted octanol–water partition coefficient (Wildman–Crippen LogP) is 2.96. The topological polar surface area (TPSA) is 73.8 Å². The normalized spacial score (nSPS) is 16.1. The van der Waals surface area contributed by atoms with Gasteiger partial charge in [0, 0.05) is 34.2 Å². The molecule has 1 fully saturated rings. The number of aliphatic imine (C=N–C) groups is 1. The molecule has 0 aliphatic heterocycles. The molecule has 1 aromatic rings. The largest absolute Gasteiger partial charge is 0.356 e. The molecule has 0 radical (unpaired) electrons. The van der Waals surface area contributed by atoms with Crippen LogP contribution < -0.4 is 10.6 Å². The number of nitrogens with one attached hydrogen (secondary N) is 2. The summed E-state index contributed by atoms with van der Waals surface area (Å²) in [5.74, 6) is 1.64. The lowest BCUT2D eigenvalue weighted by molar-refractivity contribution is 0.472. The first-order chi connectivity index (χ1) is 12.9. The van der Waals surface area contributed by atoms with Crippen molar-refractivity contribution in [3.05, 3.63) is 29.8 Å². The molecule has 0 unspecified atom stereocenters. The van der Waals surface area contributed by atoms with Crippen molar-refractivity contribution >= 4 is 16.0 Å². The van der Waals surface area contributed by atoms with Gasteiger partial charge in [0.15, 0.2) is 5.96 Å². The highest BCUT2D eigenvalue weighted by molar-refractivity contribution is 7.89. The number of sulfonamides is 1. The molecular weight excluding hydrogens is 360 g/mol. The molecule has 27 heavy (non-hydrogen) atoms. The second kappa shape index (κ2) is 10.7. The zero-order valence-electron chi connectivity index (χ0n) is 16.9. The quantitative estimate of drug-likeness (QED) is 0.384. The monoisotopic (exact) mass is 394 g/mol. The molecule has 1 aliphatic carbocycles. The third kappa shape index (κ3) is 6.50. The summed E-state index contributed by atoms with van der Waals surface area (Å²) < 4.78 is 26.2. The number of unbranched alkanes of at least 4 members (excludes halogenated alkanes) is 1. The second-order valence-electron chi connectivity index (χ2n) is 7.39. The Morgan fingerprint density at radius 1 is 1.15 bits per heavy atom. The predicted molar refractivity (Wildman–Crippen MR) is 111 cm³/mol. The summed E-state index contributed by atoms with van der Waals surface area (Å²) in [6.07, 6.45) is 9.34. The Hall–Kier alpha value is -1.60. The van der Waals surface area contributed by atoms with E-state index in [0.717, 1.165) is 24.4 Å². The molecule has 0 amide bonds. The molecule has 6 nitrogen and oxygen atoms in total. The molecule has 2 rings (SSSR count). The van der Waals surface area contributed by atoms with Crippen LogP contribution in [0, 0.1) is 5.92 Å². The lowest BCUT2D eigenvalue weighted by Crippen LogP contribution is -2.37. The maximum atomic E-state index is 12.5. The first-order valence-corrected chi connectivity index (χ1v) is 11.3. The van der Waals surface area contributed by atoms with E-state index in [0.29, 0.717) is 17.4 Å². The van der Waals surface area contributed by atoms with Gasteiger partial charge in [-0.15, -0.1) is 0 Å². The van der Waals surface area contributed by atoms with E-state index >= 15 is 0 Å². The summed E-state index contributed by atoms with van der Waals surface area (Å²) in [6.45, 7) is 1.29. The minimum Gasteiger partial charge on any atom is -0.356 e. The third-order valence-corrected chi connectivity index (χ3v) is 7.12. The number of nitrogens with zero attached hydrogens (tertiary/aromatic N) is 2. The van der Waals surface area contributed by atoms with E-state index in [1.807, 2.05) is 12.1 Å². The maximum Gasteiger partial charge on any atom is 0.242 e. The number of hydrogen-bond acceptors (Lipinski definition) is 3. The van der Waals surface area contributed by atoms with Gasteiger partial charge < -0.3 is 10.6 Å². The molecule has 0 heterocycles. The van der Waals surface area contributed by atoms with Gasteiger partial charge in [-0.2, -0.15) is 0 Å². The van der Waals surface area contributed by atoms with Crippen molar-refractivity contribution in [3.8, 4) is 0 Å². The molecule has 1 saturated carbocycles. The van der Waals surface area contributed by atoms with Crippen LogP contribution in [0.3, 0.4) is 0 Å². The molecule has 0 spiro atoms. The highest BCUT2D eigenvalue weighted by Gasteiger charge is 2.20. The summed E-state index contributed by atoms with van der Waals surface area (Å²) in [4.78, 5) is 4.57. The average Bonchev–Trinajstić information content (AvgIpc) is 3.17. The number of benzene rings is 1. The van der Waals surface area contributed by atoms with Crippen LogP contribution in [0.4, 0.5) is 0 Å². The third-order valence-electron chi connectivity index (χ3n) is 5.21. The van der Waals surface area contributed by atoms with Crippen LogP contribution in [0.15, 0.2) is 34.2 Å². The van der Waals surface area contributed by atoms with E-state index in [9.17, 15) is 8.42 Å². The first kappa shape index (κ1) is 21.7. The van der Waals surface area contributed by atoms with Gasteiger partial charge >= 0.3 is 0 Å². The van der Waals surface area contributed by atoms with E-state index in [2.05, 4.69) is 15.6 Å². The van der Waals surface area contributed by atoms with Crippen LogP contribution in [0.25, 0.3) is 0 Å². The van der Waals surface area contributed by atoms with Gasteiger partial charge in [-0.25, -0.2) is 12.7 Å². The Balaban J connectivity index is 1.80. The molecule has 1 aliphatic rings. The van der Waals surface area contributed by atoms with Crippen LogP contribution in [0.5, 0.6) is 0 Å². The SMILES string of the molecule is CN=C(NCCCCC1CCCC1)NCc1ccccc1S(=O)(=O)N(C)C. The van der Waals surface area contributed by atoms with Crippen LogP contribution >= 0.6 is 0 Å². The standard InChI is InChI=1S/C20H34N4O2S/c1-21-20(22-15-9-8-12-17-10-4-5-11-17)23-16-18-13-6-7-14-19(18)27(25,26)24(2)3/h6-7,13-14,17H,4-5,8-12,15-16H2,1-3H3,(H2,21,22,23). The molecule has 1 aromatic carbocycles. The summed E-state index contributed by atoms with van der Waals surface area (Å²) in [5.41, 5.74) is 0.732. The Morgan fingerprint density at radius 3 is 2.52 bits per heavy atom. The van der Waals surface area contributed by atoms with Crippen LogP contribution in [0.2, 0.25) is 0 Å². The summed E-state index contributed by atoms with van der Waals surface area (Å²) >= 11 is 0. The lowest BCUT2D eigenvalue weighted by atomic mass is 10.0. The number of guanidine groups is 1. The van der Waals surface area contributed by atoms with Crippen molar-refractivity contribution < 1.29 is 8.42 Å². The fourth-order valence-electron chi connectivity index (χ4n) is 3.56. The Kier molecular flexibility index (Phi) is 8.57. The van der Waals surface area contributed by atoms with Crippen molar-refractivity contribution in [3.63, 3.8) is 0 Å². The van der Waals surface area contributed by atoms with E-state index in [4.69, 9.17) is 0 Å². The second-order valence-corrected chi connectivity index (χ2v) is 9.51. The van der Waals surface area contributed by atoms with Crippen molar-refractivity contribution in [1.29, 1.82) is 0 Å². The highest BCUT2D eigenvalue weighted by atomic mass is 32.2. The van der Waals surface area contributed by atoms with Gasteiger partial charge in [0.2, 0.25) is 10.0 Å². The van der Waals surface area contributed by atoms with Gasteiger partial charge in [-0.05, 0) is 24.0 Å². The molecule has 0 atom stereocenters. The summed E-state index contributed by atoms with van der Waals surface area (Å²) in [5, 5.41) is 6.55. The average molecular weight is 395 g/mol. The van der Waals surface area contributed by atoms with Gasteiger partial charge in [-0.3, -0.25) is 4.99 Å². The molecule has 0 aromatic heterocycles. The van der Waals surface area contributed by atoms with Gasteiger partial charge in [-0.1, -0.05) is 56.7 Å². The highest BCUT2D eigenvalue weighted by Crippen LogP contribution is 2.28. The molecule has 152 valence electrons. The van der Waals surface area contributed by atoms with Crippen LogP contribution in [0.1, 0.15) is 50.5 Å². The van der Waals surface area contributed by atoms with Crippen molar-refractivity contribution in [2.75, 3.05) is 27.7 Å². The first-order valence-electron chi connectivity index (χ1n) is 9.90. The molecule has 2 N–H and O–H groups in total. The minimum absolute atomic E-state index is 0.328. The summed E-state index contributed by atoms with van der Waals surface area (Å²) in [7, 11) is 1.37. The Bertz CT molecular complexity index is 710. The van der Waals surface area contributed by atoms with E-state index < -0.39 is 10.0 Å². The number of rotatable bonds is 9. The fraction of sp³-hybridized carbons (Fsp3) is 0.650. The smallest absolute Gasteiger partial charge is 0.242 e. The van der Waals surface area contributed by atoms with Gasteiger partial charge in [0.1, 0.15) is 0 Å². The van der Waals surface area contributed by atoms with Crippen molar-refractivity contribution in [2.24, 2.45) is 10.9 Å². The van der Waals surface area contributed by atoms with E-state index in [1.54, 1.807) is 33.3 Å². The van der Waals surface area contributed by atoms with Crippen molar-refractivity contribution in [2.45, 2.75) is 56.4 Å². The maximum absolute atomic E-state index is 12.5. The van der Waals surface area contributed by atoms with Crippen LogP contribution in [-0.4, -0.2) is 46.4 Å². The Morgan fingerprint density at radius 2 is 1.85 bits per heavy atom. The van der Waals surface area contributed by atoms with E-state index in [-0.39, 0.29) is 0 Å². The lowest BCUT2D eigenvalue weighted by Gasteiger charge is -2.17. The van der Waals surface area contributed by atoms with Gasteiger partial charge in [0.05, 0.1) is 4.90 Å². The van der Waals surface area contributed by atoms with Crippen molar-refractivity contribution in [1.82, 2.24) is 14.9 Å². The zero-order valence-corrected chi connectivity index (χ0v) is 17.7. The Labute approximate surface area is 164 Å². The zero-order chi connectivity index (χ0) is 19.7. The minimum atomic E-state index is -3.46. The molecule has 0 bridgehead atoms. The summed E-state index contributed by atoms with van der Waals surface area (Å²) in [6, 6.07) is 7.08. The molecule has 0 saturated heterocycles. The van der Waals surface area contributed by atoms with E-state index in [1.165, 1.54) is 42.8 Å². The number of hydrogen-bond donors (Lipinski definition) is 2. The van der Waals surface area contributed by atoms with Gasteiger partial charge in [0.25, 0.3) is 0 Å². The van der Waals surface area contributed by atoms with Crippen LogP contribution in [-0.2, 0) is 16.6 Å².